The largest absolute Gasteiger partial charge is 0.468 e. The molecule has 0 saturated carbocycles. The second kappa shape index (κ2) is 5.37. The summed E-state index contributed by atoms with van der Waals surface area (Å²) in [5, 5.41) is 0. The molecule has 0 N–H and O–H groups in total. The van der Waals surface area contributed by atoms with E-state index in [1.165, 1.54) is 18.9 Å². The van der Waals surface area contributed by atoms with Gasteiger partial charge in [-0.05, 0) is 0 Å². The highest BCUT2D eigenvalue weighted by atomic mass is 32.2. The van der Waals surface area contributed by atoms with Crippen molar-refractivity contribution in [2.75, 3.05) is 27.0 Å². The minimum atomic E-state index is -0.251. The summed E-state index contributed by atoms with van der Waals surface area (Å²) in [6.45, 7) is 0. The lowest BCUT2D eigenvalue weighted by Crippen LogP contribution is -2.18. The Hall–Kier alpha value is -0.290. The van der Waals surface area contributed by atoms with Crippen LogP contribution in [0.4, 0.5) is 0 Å². The highest BCUT2D eigenvalue weighted by molar-refractivity contribution is 8.23. The lowest BCUT2D eigenvalue weighted by molar-refractivity contribution is -0.137. The molecule has 0 unspecified atom stereocenters. The molecule has 0 bridgehead atoms. The fourth-order valence-corrected chi connectivity index (χ4v) is 1.10. The van der Waals surface area contributed by atoms with Gasteiger partial charge in [0, 0.05) is 14.1 Å². The van der Waals surface area contributed by atoms with Gasteiger partial charge in [-0.2, -0.15) is 0 Å². The average molecular weight is 193 g/mol. The molecular weight excluding hydrogens is 182 g/mol. The summed E-state index contributed by atoms with van der Waals surface area (Å²) >= 11 is 6.23. The van der Waals surface area contributed by atoms with Crippen molar-refractivity contribution in [3.63, 3.8) is 0 Å². The van der Waals surface area contributed by atoms with Crippen LogP contribution in [0.5, 0.6) is 0 Å². The van der Waals surface area contributed by atoms with E-state index >= 15 is 0 Å². The number of rotatable bonds is 2. The van der Waals surface area contributed by atoms with Crippen molar-refractivity contribution < 1.29 is 9.53 Å². The molecule has 0 radical (unpaired) electrons. The number of methoxy groups -OCH3 is 1. The van der Waals surface area contributed by atoms with Crippen molar-refractivity contribution >= 4 is 34.3 Å². The Morgan fingerprint density at radius 2 is 2.18 bits per heavy atom. The first kappa shape index (κ1) is 10.7. The van der Waals surface area contributed by atoms with Crippen molar-refractivity contribution in [2.24, 2.45) is 0 Å². The molecule has 0 atom stereocenters. The third-order valence-corrected chi connectivity index (χ3v) is 2.62. The van der Waals surface area contributed by atoms with Crippen molar-refractivity contribution in [1.82, 2.24) is 4.90 Å². The van der Waals surface area contributed by atoms with Crippen molar-refractivity contribution in [1.29, 1.82) is 0 Å². The zero-order valence-corrected chi connectivity index (χ0v) is 8.42. The molecule has 0 heterocycles. The Balaban J connectivity index is 3.54. The number of nitrogens with zero attached hydrogens (tertiary/aromatic N) is 1. The number of esters is 1. The summed E-state index contributed by atoms with van der Waals surface area (Å²) in [5.74, 6) is 0.0345. The van der Waals surface area contributed by atoms with E-state index in [9.17, 15) is 4.79 Å². The molecule has 0 saturated heterocycles. The Labute approximate surface area is 76.1 Å². The quantitative estimate of drug-likeness (QED) is 0.476. The van der Waals surface area contributed by atoms with Crippen LogP contribution in [0.3, 0.4) is 0 Å². The summed E-state index contributed by atoms with van der Waals surface area (Å²) in [4.78, 5) is 12.4. The van der Waals surface area contributed by atoms with E-state index in [1.807, 2.05) is 14.1 Å². The number of thioether (sulfide) groups is 1. The van der Waals surface area contributed by atoms with Crippen molar-refractivity contribution in [3.05, 3.63) is 0 Å². The van der Waals surface area contributed by atoms with Crippen LogP contribution in [-0.2, 0) is 9.53 Å². The molecule has 0 aromatic rings. The maximum absolute atomic E-state index is 10.6. The molecule has 0 rings (SSSR count). The first-order chi connectivity index (χ1) is 5.07. The van der Waals surface area contributed by atoms with E-state index in [-0.39, 0.29) is 11.7 Å². The lowest BCUT2D eigenvalue weighted by Gasteiger charge is -2.11. The summed E-state index contributed by atoms with van der Waals surface area (Å²) in [5.41, 5.74) is 0. The van der Waals surface area contributed by atoms with Gasteiger partial charge in [0.25, 0.3) is 0 Å². The van der Waals surface area contributed by atoms with E-state index in [0.717, 1.165) is 0 Å². The summed E-state index contributed by atoms with van der Waals surface area (Å²) in [7, 11) is 5.04. The molecule has 0 aromatic carbocycles. The smallest absolute Gasteiger partial charge is 0.316 e. The van der Waals surface area contributed by atoms with Gasteiger partial charge in [0.1, 0.15) is 4.32 Å². The molecule has 11 heavy (non-hydrogen) atoms. The van der Waals surface area contributed by atoms with Crippen molar-refractivity contribution in [2.45, 2.75) is 0 Å². The fourth-order valence-electron chi connectivity index (χ4n) is 0.309. The minimum Gasteiger partial charge on any atom is -0.468 e. The Bertz CT molecular complexity index is 159. The normalized spacial score (nSPS) is 9.00. The molecular formula is C6H11NO2S2. The Kier molecular flexibility index (Phi) is 5.23. The van der Waals surface area contributed by atoms with E-state index in [2.05, 4.69) is 4.74 Å². The molecule has 0 spiro atoms. The van der Waals surface area contributed by atoms with Crippen LogP contribution in [0.15, 0.2) is 0 Å². The van der Waals surface area contributed by atoms with Gasteiger partial charge >= 0.3 is 5.97 Å². The van der Waals surface area contributed by atoms with Crippen LogP contribution in [0.1, 0.15) is 0 Å². The number of carbonyl (C=O) groups is 1. The van der Waals surface area contributed by atoms with E-state index < -0.39 is 0 Å². The summed E-state index contributed by atoms with van der Waals surface area (Å²) in [6, 6.07) is 0. The predicted molar refractivity (Wildman–Crippen MR) is 50.8 cm³/mol. The number of thiocarbonyl (C=S) groups is 1. The van der Waals surface area contributed by atoms with Crippen LogP contribution >= 0.6 is 24.0 Å². The molecule has 0 aliphatic carbocycles. The Morgan fingerprint density at radius 1 is 1.64 bits per heavy atom. The first-order valence-corrected chi connectivity index (χ1v) is 4.38. The minimum absolute atomic E-state index is 0.251. The second-order valence-electron chi connectivity index (χ2n) is 2.03. The fraction of sp³-hybridized carbons (Fsp3) is 0.667. The van der Waals surface area contributed by atoms with Gasteiger partial charge < -0.3 is 9.64 Å². The van der Waals surface area contributed by atoms with Crippen LogP contribution in [0, 0.1) is 0 Å². The Morgan fingerprint density at radius 3 is 2.55 bits per heavy atom. The van der Waals surface area contributed by atoms with E-state index in [1.54, 1.807) is 4.90 Å². The molecule has 3 nitrogen and oxygen atoms in total. The molecule has 0 aromatic heterocycles. The third-order valence-electron chi connectivity index (χ3n) is 0.906. The number of ether oxygens (including phenoxy) is 1. The number of hydrogen-bond donors (Lipinski definition) is 0. The highest BCUT2D eigenvalue weighted by Gasteiger charge is 2.04. The number of carbonyl (C=O) groups excluding carboxylic acids is 1. The molecule has 0 aliphatic rings. The zero-order chi connectivity index (χ0) is 8.85. The van der Waals surface area contributed by atoms with Gasteiger partial charge in [0.15, 0.2) is 0 Å². The predicted octanol–water partition coefficient (Wildman–Crippen LogP) is 0.739. The van der Waals surface area contributed by atoms with Crippen molar-refractivity contribution in [3.8, 4) is 0 Å². The second-order valence-corrected chi connectivity index (χ2v) is 3.63. The molecule has 0 amide bonds. The summed E-state index contributed by atoms with van der Waals surface area (Å²) in [6.07, 6.45) is 0. The van der Waals surface area contributed by atoms with Gasteiger partial charge in [-0.1, -0.05) is 24.0 Å². The maximum atomic E-state index is 10.6. The molecule has 64 valence electrons. The van der Waals surface area contributed by atoms with Gasteiger partial charge in [-0.3, -0.25) is 4.79 Å². The van der Waals surface area contributed by atoms with Crippen LogP contribution in [-0.4, -0.2) is 42.1 Å². The topological polar surface area (TPSA) is 29.5 Å². The molecule has 5 heteroatoms. The SMILES string of the molecule is COC(=O)CSC(=S)N(C)C. The van der Waals surface area contributed by atoms with Gasteiger partial charge in [0.2, 0.25) is 0 Å². The highest BCUT2D eigenvalue weighted by Crippen LogP contribution is 2.05. The van der Waals surface area contributed by atoms with Crippen LogP contribution in [0.2, 0.25) is 0 Å². The van der Waals surface area contributed by atoms with Crippen LogP contribution < -0.4 is 0 Å². The number of hydrogen-bond acceptors (Lipinski definition) is 4. The summed E-state index contributed by atoms with van der Waals surface area (Å²) < 4.78 is 5.13. The standard InChI is InChI=1S/C6H11NO2S2/c1-7(2)6(10)11-4-5(8)9-3/h4H2,1-3H3. The monoisotopic (exact) mass is 193 g/mol. The zero-order valence-electron chi connectivity index (χ0n) is 6.79. The first-order valence-electron chi connectivity index (χ1n) is 2.99. The average Bonchev–Trinajstić information content (AvgIpc) is 1.99. The van der Waals surface area contributed by atoms with E-state index in [0.29, 0.717) is 4.32 Å². The molecule has 0 fully saturated rings. The lowest BCUT2D eigenvalue weighted by atomic mass is 10.8. The molecule has 0 aliphatic heterocycles. The third kappa shape index (κ3) is 5.03. The van der Waals surface area contributed by atoms with Gasteiger partial charge in [-0.15, -0.1) is 0 Å². The maximum Gasteiger partial charge on any atom is 0.316 e. The van der Waals surface area contributed by atoms with Gasteiger partial charge in [-0.25, -0.2) is 0 Å². The van der Waals surface area contributed by atoms with Crippen LogP contribution in [0.25, 0.3) is 0 Å². The van der Waals surface area contributed by atoms with E-state index in [4.69, 9.17) is 12.2 Å². The van der Waals surface area contributed by atoms with Gasteiger partial charge in [0.05, 0.1) is 12.9 Å².